The van der Waals surface area contributed by atoms with Gasteiger partial charge in [0, 0.05) is 31.7 Å². The molecule has 1 spiro atoms. The summed E-state index contributed by atoms with van der Waals surface area (Å²) in [4.78, 5) is 20.3. The Balaban J connectivity index is 1.55. The summed E-state index contributed by atoms with van der Waals surface area (Å²) in [6.45, 7) is 5.75. The topological polar surface area (TPSA) is 103 Å². The van der Waals surface area contributed by atoms with E-state index in [1.165, 1.54) is 6.08 Å². The third-order valence-electron chi connectivity index (χ3n) is 5.22. The second kappa shape index (κ2) is 8.98. The molecular weight excluding hydrogens is 362 g/mol. The number of nitrogens with one attached hydrogen (secondary N) is 1. The molecule has 3 rings (SSSR count). The molecule has 0 aromatic carbocycles. The lowest BCUT2D eigenvalue weighted by Crippen LogP contribution is -2.44. The molecule has 8 nitrogen and oxygen atoms in total. The summed E-state index contributed by atoms with van der Waals surface area (Å²) in [6, 6.07) is 0. The summed E-state index contributed by atoms with van der Waals surface area (Å²) >= 11 is 0. The van der Waals surface area contributed by atoms with E-state index in [2.05, 4.69) is 15.3 Å². The molecule has 154 valence electrons. The number of aromatic nitrogens is 2. The third kappa shape index (κ3) is 5.27. The molecule has 1 aromatic heterocycles. The summed E-state index contributed by atoms with van der Waals surface area (Å²) in [5.74, 6) is -0.316. The van der Waals surface area contributed by atoms with Crippen molar-refractivity contribution in [3.63, 3.8) is 0 Å². The maximum Gasteiger partial charge on any atom is 0.330 e. The normalized spacial score (nSPS) is 20.5. The van der Waals surface area contributed by atoms with Gasteiger partial charge in [0.25, 0.3) is 0 Å². The second-order valence-electron chi connectivity index (χ2n) is 7.34. The lowest BCUT2D eigenvalue weighted by atomic mass is 9.79. The molecule has 1 aliphatic heterocycles. The fourth-order valence-corrected chi connectivity index (χ4v) is 3.62. The first kappa shape index (κ1) is 20.7. The van der Waals surface area contributed by atoms with E-state index in [9.17, 15) is 9.90 Å². The number of ether oxygens (including phenoxy) is 3. The zero-order valence-electron chi connectivity index (χ0n) is 16.6. The molecule has 0 bridgehead atoms. The van der Waals surface area contributed by atoms with E-state index in [1.54, 1.807) is 19.2 Å². The van der Waals surface area contributed by atoms with Crippen LogP contribution in [0.2, 0.25) is 0 Å². The lowest BCUT2D eigenvalue weighted by Gasteiger charge is -2.40. The highest BCUT2D eigenvalue weighted by Gasteiger charge is 2.45. The van der Waals surface area contributed by atoms with Gasteiger partial charge in [0.2, 0.25) is 0 Å². The molecule has 0 unspecified atom stereocenters. The SMILES string of the molecule is CCOC(=O)/C=C/c1ncc(C)nc1NCCC1(O)CCC2(CC1)OCCO2. The molecule has 28 heavy (non-hydrogen) atoms. The van der Waals surface area contributed by atoms with E-state index >= 15 is 0 Å². The summed E-state index contributed by atoms with van der Waals surface area (Å²) < 4.78 is 16.3. The molecule has 1 saturated heterocycles. The van der Waals surface area contributed by atoms with Crippen molar-refractivity contribution in [2.75, 3.05) is 31.7 Å². The van der Waals surface area contributed by atoms with E-state index in [4.69, 9.17) is 14.2 Å². The predicted molar refractivity (Wildman–Crippen MR) is 104 cm³/mol. The van der Waals surface area contributed by atoms with Crippen LogP contribution >= 0.6 is 0 Å². The Hall–Kier alpha value is -2.03. The maximum absolute atomic E-state index is 11.5. The summed E-state index contributed by atoms with van der Waals surface area (Å²) in [7, 11) is 0. The average molecular weight is 391 g/mol. The highest BCUT2D eigenvalue weighted by molar-refractivity contribution is 5.87. The van der Waals surface area contributed by atoms with Gasteiger partial charge in [-0.05, 0) is 39.2 Å². The van der Waals surface area contributed by atoms with Crippen molar-refractivity contribution in [3.05, 3.63) is 23.7 Å². The third-order valence-corrected chi connectivity index (χ3v) is 5.22. The summed E-state index contributed by atoms with van der Waals surface area (Å²) in [6.07, 6.45) is 7.85. The Morgan fingerprint density at radius 3 is 2.71 bits per heavy atom. The predicted octanol–water partition coefficient (Wildman–Crippen LogP) is 2.21. The number of aliphatic hydroxyl groups is 1. The Labute approximate surface area is 165 Å². The van der Waals surface area contributed by atoms with E-state index in [0.717, 1.165) is 5.69 Å². The van der Waals surface area contributed by atoms with Gasteiger partial charge in [0.1, 0.15) is 5.69 Å². The number of hydrogen-bond acceptors (Lipinski definition) is 8. The van der Waals surface area contributed by atoms with Crippen LogP contribution in [0.4, 0.5) is 5.82 Å². The summed E-state index contributed by atoms with van der Waals surface area (Å²) in [5.41, 5.74) is 0.580. The van der Waals surface area contributed by atoms with Crippen molar-refractivity contribution in [1.82, 2.24) is 9.97 Å². The van der Waals surface area contributed by atoms with Crippen LogP contribution in [-0.2, 0) is 19.0 Å². The van der Waals surface area contributed by atoms with Crippen molar-refractivity contribution in [2.24, 2.45) is 0 Å². The number of anilines is 1. The van der Waals surface area contributed by atoms with E-state index in [-0.39, 0.29) is 0 Å². The van der Waals surface area contributed by atoms with Gasteiger partial charge in [0.05, 0.1) is 31.1 Å². The van der Waals surface area contributed by atoms with Gasteiger partial charge < -0.3 is 24.6 Å². The molecule has 2 heterocycles. The molecule has 2 aliphatic rings. The van der Waals surface area contributed by atoms with Gasteiger partial charge >= 0.3 is 5.97 Å². The number of hydrogen-bond donors (Lipinski definition) is 2. The minimum absolute atomic E-state index is 0.323. The zero-order chi connectivity index (χ0) is 20.0. The van der Waals surface area contributed by atoms with Crippen LogP contribution in [0.5, 0.6) is 0 Å². The van der Waals surface area contributed by atoms with Gasteiger partial charge in [-0.15, -0.1) is 0 Å². The van der Waals surface area contributed by atoms with Gasteiger partial charge in [-0.1, -0.05) is 0 Å². The molecule has 2 N–H and O–H groups in total. The molecule has 0 atom stereocenters. The Morgan fingerprint density at radius 1 is 1.32 bits per heavy atom. The molecule has 1 aromatic rings. The molecule has 1 aliphatic carbocycles. The monoisotopic (exact) mass is 391 g/mol. The number of esters is 1. The number of carbonyl (C=O) groups excluding carboxylic acids is 1. The Bertz CT molecular complexity index is 706. The van der Waals surface area contributed by atoms with Crippen molar-refractivity contribution >= 4 is 17.9 Å². The number of aryl methyl sites for hydroxylation is 1. The van der Waals surface area contributed by atoms with Crippen LogP contribution in [0.3, 0.4) is 0 Å². The minimum Gasteiger partial charge on any atom is -0.463 e. The minimum atomic E-state index is -0.744. The highest BCUT2D eigenvalue weighted by Crippen LogP contribution is 2.41. The van der Waals surface area contributed by atoms with Crippen LogP contribution in [0.25, 0.3) is 6.08 Å². The van der Waals surface area contributed by atoms with Crippen LogP contribution in [0, 0.1) is 6.92 Å². The molecule has 2 fully saturated rings. The smallest absolute Gasteiger partial charge is 0.330 e. The van der Waals surface area contributed by atoms with Crippen molar-refractivity contribution in [2.45, 2.75) is 57.3 Å². The second-order valence-corrected chi connectivity index (χ2v) is 7.34. The molecular formula is C20H29N3O5. The largest absolute Gasteiger partial charge is 0.463 e. The first-order valence-electron chi connectivity index (χ1n) is 9.86. The van der Waals surface area contributed by atoms with Crippen LogP contribution < -0.4 is 5.32 Å². The van der Waals surface area contributed by atoms with E-state index in [0.29, 0.717) is 70.0 Å². The van der Waals surface area contributed by atoms with Gasteiger partial charge in [-0.2, -0.15) is 0 Å². The number of carbonyl (C=O) groups is 1. The van der Waals surface area contributed by atoms with Crippen molar-refractivity contribution < 1.29 is 24.1 Å². The molecule has 8 heteroatoms. The first-order chi connectivity index (χ1) is 13.4. The van der Waals surface area contributed by atoms with Gasteiger partial charge in [0.15, 0.2) is 11.6 Å². The van der Waals surface area contributed by atoms with Crippen LogP contribution in [0.1, 0.15) is 50.4 Å². The first-order valence-corrected chi connectivity index (χ1v) is 9.86. The highest BCUT2D eigenvalue weighted by atomic mass is 16.7. The standard InChI is InChI=1S/C20H29N3O5/c1-3-26-17(24)5-4-16-18(23-15(2)14-22-16)21-11-10-19(25)6-8-20(9-7-19)27-12-13-28-20/h4-5,14,25H,3,6-13H2,1-2H3,(H,21,23)/b5-4+. The molecule has 0 radical (unpaired) electrons. The Kier molecular flexibility index (Phi) is 6.64. The maximum atomic E-state index is 11.5. The summed E-state index contributed by atoms with van der Waals surface area (Å²) in [5, 5.41) is 14.1. The van der Waals surface area contributed by atoms with Gasteiger partial charge in [-0.3, -0.25) is 4.98 Å². The number of rotatable bonds is 7. The van der Waals surface area contributed by atoms with Gasteiger partial charge in [-0.25, -0.2) is 9.78 Å². The quantitative estimate of drug-likeness (QED) is 0.539. The lowest BCUT2D eigenvalue weighted by molar-refractivity contribution is -0.202. The fourth-order valence-electron chi connectivity index (χ4n) is 3.62. The molecule has 0 amide bonds. The van der Waals surface area contributed by atoms with E-state index in [1.807, 2.05) is 6.92 Å². The van der Waals surface area contributed by atoms with E-state index < -0.39 is 17.4 Å². The average Bonchev–Trinajstić information content (AvgIpc) is 3.13. The Morgan fingerprint density at radius 2 is 2.04 bits per heavy atom. The van der Waals surface area contributed by atoms with Crippen molar-refractivity contribution in [3.8, 4) is 0 Å². The van der Waals surface area contributed by atoms with Crippen LogP contribution in [0.15, 0.2) is 12.3 Å². The number of nitrogens with zero attached hydrogens (tertiary/aromatic N) is 2. The molecule has 1 saturated carbocycles. The van der Waals surface area contributed by atoms with Crippen molar-refractivity contribution in [1.29, 1.82) is 0 Å². The van der Waals surface area contributed by atoms with Crippen LogP contribution in [-0.4, -0.2) is 58.8 Å². The fraction of sp³-hybridized carbons (Fsp3) is 0.650. The zero-order valence-corrected chi connectivity index (χ0v) is 16.6.